The number of fused-ring (bicyclic) bond motifs is 1. The summed E-state index contributed by atoms with van der Waals surface area (Å²) < 4.78 is 5.65. The maximum Gasteiger partial charge on any atom is 0.269 e. The first-order valence-electron chi connectivity index (χ1n) is 9.49. The number of carbonyl (C=O) groups excluding carboxylic acids is 1. The molecule has 0 fully saturated rings. The van der Waals surface area contributed by atoms with Crippen molar-refractivity contribution < 1.29 is 14.1 Å². The number of amides is 1. The Labute approximate surface area is 168 Å². The third-order valence-electron chi connectivity index (χ3n) is 5.27. The van der Waals surface area contributed by atoms with Crippen LogP contribution >= 0.6 is 0 Å². The zero-order valence-electron chi connectivity index (χ0n) is 15.8. The summed E-state index contributed by atoms with van der Waals surface area (Å²) >= 11 is 0. The number of rotatable bonds is 6. The fourth-order valence-electron chi connectivity index (χ4n) is 3.70. The van der Waals surface area contributed by atoms with Crippen LogP contribution in [0.1, 0.15) is 33.3 Å². The summed E-state index contributed by atoms with van der Waals surface area (Å²) in [5.41, 5.74) is 2.99. The van der Waals surface area contributed by atoms with Crippen molar-refractivity contribution in [3.05, 3.63) is 99.5 Å². The topological polar surface area (TPSA) is 88.6 Å². The van der Waals surface area contributed by atoms with Crippen LogP contribution in [0.3, 0.4) is 0 Å². The molecule has 0 bridgehead atoms. The van der Waals surface area contributed by atoms with Gasteiger partial charge in [0.25, 0.3) is 11.6 Å². The van der Waals surface area contributed by atoms with Gasteiger partial charge in [-0.15, -0.1) is 0 Å². The minimum absolute atomic E-state index is 0.0398. The van der Waals surface area contributed by atoms with E-state index in [-0.39, 0.29) is 17.6 Å². The molecule has 1 aromatic heterocycles. The van der Waals surface area contributed by atoms with Gasteiger partial charge in [0, 0.05) is 37.3 Å². The molecule has 0 saturated heterocycles. The average molecular weight is 391 g/mol. The van der Waals surface area contributed by atoms with Crippen LogP contribution in [0, 0.1) is 10.1 Å². The van der Waals surface area contributed by atoms with E-state index in [4.69, 9.17) is 4.42 Å². The molecule has 1 N–H and O–H groups in total. The first kappa shape index (κ1) is 18.9. The Balaban J connectivity index is 1.47. The summed E-state index contributed by atoms with van der Waals surface area (Å²) in [5, 5.41) is 13.7. The maximum absolute atomic E-state index is 12.6. The van der Waals surface area contributed by atoms with Crippen LogP contribution in [0.4, 0.5) is 5.69 Å². The molecule has 2 aromatic carbocycles. The normalized spacial score (nSPS) is 14.8. The van der Waals surface area contributed by atoms with Crippen molar-refractivity contribution in [1.29, 1.82) is 0 Å². The molecule has 7 heteroatoms. The smallest absolute Gasteiger partial charge is 0.269 e. The number of nitro benzene ring substituents is 1. The summed E-state index contributed by atoms with van der Waals surface area (Å²) in [6.45, 7) is 2.04. The van der Waals surface area contributed by atoms with Crippen LogP contribution in [-0.4, -0.2) is 28.8 Å². The molecule has 0 spiro atoms. The Hall–Kier alpha value is -3.45. The van der Waals surface area contributed by atoms with E-state index >= 15 is 0 Å². The quantitative estimate of drug-likeness (QED) is 0.511. The van der Waals surface area contributed by atoms with Gasteiger partial charge in [-0.1, -0.05) is 24.3 Å². The number of nitrogens with zero attached hydrogens (tertiary/aromatic N) is 2. The van der Waals surface area contributed by atoms with Crippen molar-refractivity contribution in [2.45, 2.75) is 19.0 Å². The number of benzene rings is 2. The Bertz CT molecular complexity index is 999. The van der Waals surface area contributed by atoms with Crippen LogP contribution < -0.4 is 5.32 Å². The molecule has 3 aromatic rings. The fourth-order valence-corrected chi connectivity index (χ4v) is 3.70. The standard InChI is InChI=1S/C22H21N3O4/c26-22(17-7-9-19(10-8-17)25(27)28)23-14-20(21-6-3-13-29-21)24-12-11-16-4-1-2-5-18(16)15-24/h1-10,13,20H,11-12,14-15H2,(H,23,26)/t20-/m0/s1. The lowest BCUT2D eigenvalue weighted by Gasteiger charge is -2.34. The van der Waals surface area contributed by atoms with Gasteiger partial charge in [-0.25, -0.2) is 0 Å². The zero-order chi connectivity index (χ0) is 20.2. The third-order valence-corrected chi connectivity index (χ3v) is 5.27. The predicted octanol–water partition coefficient (Wildman–Crippen LogP) is 3.72. The van der Waals surface area contributed by atoms with Crippen LogP contribution in [0.2, 0.25) is 0 Å². The predicted molar refractivity (Wildman–Crippen MR) is 107 cm³/mol. The highest BCUT2D eigenvalue weighted by molar-refractivity contribution is 5.94. The SMILES string of the molecule is O=C(NC[C@@H](c1ccco1)N1CCc2ccccc2C1)c1ccc([N+](=O)[O-])cc1. The van der Waals surface area contributed by atoms with Crippen LogP contribution in [-0.2, 0) is 13.0 Å². The molecule has 0 saturated carbocycles. The number of carbonyl (C=O) groups is 1. The van der Waals surface area contributed by atoms with Gasteiger partial charge in [0.15, 0.2) is 0 Å². The molecular weight excluding hydrogens is 370 g/mol. The lowest BCUT2D eigenvalue weighted by atomic mass is 9.98. The summed E-state index contributed by atoms with van der Waals surface area (Å²) in [5.74, 6) is 0.530. The van der Waals surface area contributed by atoms with Gasteiger partial charge in [0.2, 0.25) is 0 Å². The molecule has 7 nitrogen and oxygen atoms in total. The van der Waals surface area contributed by atoms with E-state index in [0.29, 0.717) is 12.1 Å². The van der Waals surface area contributed by atoms with Crippen molar-refractivity contribution in [3.63, 3.8) is 0 Å². The number of hydrogen-bond donors (Lipinski definition) is 1. The van der Waals surface area contributed by atoms with E-state index in [9.17, 15) is 14.9 Å². The van der Waals surface area contributed by atoms with E-state index in [1.807, 2.05) is 18.2 Å². The van der Waals surface area contributed by atoms with E-state index in [2.05, 4.69) is 28.4 Å². The molecule has 4 rings (SSSR count). The van der Waals surface area contributed by atoms with Gasteiger partial charge in [0.1, 0.15) is 5.76 Å². The average Bonchev–Trinajstić information content (AvgIpc) is 3.28. The highest BCUT2D eigenvalue weighted by atomic mass is 16.6. The summed E-state index contributed by atoms with van der Waals surface area (Å²) in [4.78, 5) is 25.2. The molecule has 1 atom stereocenters. The van der Waals surface area contributed by atoms with Crippen molar-refractivity contribution in [2.24, 2.45) is 0 Å². The van der Waals surface area contributed by atoms with Crippen LogP contribution in [0.25, 0.3) is 0 Å². The largest absolute Gasteiger partial charge is 0.468 e. The third kappa shape index (κ3) is 4.20. The van der Waals surface area contributed by atoms with Gasteiger partial charge in [-0.3, -0.25) is 19.8 Å². The number of furan rings is 1. The highest BCUT2D eigenvalue weighted by Gasteiger charge is 2.27. The minimum atomic E-state index is -0.483. The molecule has 1 amide bonds. The molecule has 2 heterocycles. The van der Waals surface area contributed by atoms with Gasteiger partial charge < -0.3 is 9.73 Å². The minimum Gasteiger partial charge on any atom is -0.468 e. The Kier molecular flexibility index (Phi) is 5.39. The summed E-state index contributed by atoms with van der Waals surface area (Å²) in [6, 6.07) is 17.7. The number of nitrogens with one attached hydrogen (secondary N) is 1. The van der Waals surface area contributed by atoms with Gasteiger partial charge in [0.05, 0.1) is 17.2 Å². The number of nitro groups is 1. The van der Waals surface area contributed by atoms with Crippen LogP contribution in [0.15, 0.2) is 71.3 Å². The second-order valence-corrected chi connectivity index (χ2v) is 7.03. The highest BCUT2D eigenvalue weighted by Crippen LogP contribution is 2.28. The maximum atomic E-state index is 12.6. The lowest BCUT2D eigenvalue weighted by Crippen LogP contribution is -2.40. The Morgan fingerprint density at radius 2 is 1.86 bits per heavy atom. The molecule has 0 radical (unpaired) electrons. The van der Waals surface area contributed by atoms with Gasteiger partial charge >= 0.3 is 0 Å². The van der Waals surface area contributed by atoms with Crippen LogP contribution in [0.5, 0.6) is 0 Å². The molecule has 0 aliphatic carbocycles. The first-order chi connectivity index (χ1) is 14.1. The van der Waals surface area contributed by atoms with E-state index in [1.54, 1.807) is 6.26 Å². The second kappa shape index (κ2) is 8.28. The molecule has 148 valence electrons. The van der Waals surface area contributed by atoms with Crippen molar-refractivity contribution in [1.82, 2.24) is 10.2 Å². The molecule has 1 aliphatic rings. The van der Waals surface area contributed by atoms with Gasteiger partial charge in [-0.2, -0.15) is 0 Å². The van der Waals surface area contributed by atoms with Gasteiger partial charge in [-0.05, 0) is 41.8 Å². The monoisotopic (exact) mass is 391 g/mol. The summed E-state index contributed by atoms with van der Waals surface area (Å²) in [7, 11) is 0. The van der Waals surface area contributed by atoms with Crippen molar-refractivity contribution in [3.8, 4) is 0 Å². The molecular formula is C22H21N3O4. The second-order valence-electron chi connectivity index (χ2n) is 7.03. The van der Waals surface area contributed by atoms with E-state index in [1.165, 1.54) is 35.4 Å². The Morgan fingerprint density at radius 3 is 2.55 bits per heavy atom. The summed E-state index contributed by atoms with van der Waals surface area (Å²) in [6.07, 6.45) is 2.59. The molecule has 29 heavy (non-hydrogen) atoms. The molecule has 0 unspecified atom stereocenters. The van der Waals surface area contributed by atoms with E-state index < -0.39 is 4.92 Å². The van der Waals surface area contributed by atoms with Crippen molar-refractivity contribution >= 4 is 11.6 Å². The van der Waals surface area contributed by atoms with E-state index in [0.717, 1.165) is 25.3 Å². The number of hydrogen-bond acceptors (Lipinski definition) is 5. The molecule has 1 aliphatic heterocycles. The number of non-ortho nitro benzene ring substituents is 1. The fraction of sp³-hybridized carbons (Fsp3) is 0.227. The first-order valence-corrected chi connectivity index (χ1v) is 9.49. The van der Waals surface area contributed by atoms with Crippen molar-refractivity contribution in [2.75, 3.05) is 13.1 Å². The zero-order valence-corrected chi connectivity index (χ0v) is 15.8. The lowest BCUT2D eigenvalue weighted by molar-refractivity contribution is -0.384. The Morgan fingerprint density at radius 1 is 1.10 bits per heavy atom.